The molecule has 2 nitrogen and oxygen atoms in total. The van der Waals surface area contributed by atoms with Gasteiger partial charge in [0.1, 0.15) is 11.9 Å². The van der Waals surface area contributed by atoms with Gasteiger partial charge in [-0.25, -0.2) is 0 Å². The first kappa shape index (κ1) is 16.1. The molecular weight excluding hydrogens is 326 g/mol. The summed E-state index contributed by atoms with van der Waals surface area (Å²) in [6.45, 7) is 6.28. The minimum absolute atomic E-state index is 0.0345. The summed E-state index contributed by atoms with van der Waals surface area (Å²) in [6, 6.07) is 14.3. The molecule has 2 unspecified atom stereocenters. The zero-order valence-corrected chi connectivity index (χ0v) is 14.4. The van der Waals surface area contributed by atoms with Gasteiger partial charge in [0.05, 0.1) is 0 Å². The first-order chi connectivity index (χ1) is 10.0. The Morgan fingerprint density at radius 1 is 1.05 bits per heavy atom. The van der Waals surface area contributed by atoms with Crippen LogP contribution in [0.2, 0.25) is 0 Å². The van der Waals surface area contributed by atoms with Gasteiger partial charge < -0.3 is 10.5 Å². The molecule has 2 N–H and O–H groups in total. The molecular formula is C18H22BrNO. The minimum Gasteiger partial charge on any atom is -0.484 e. The number of nitrogens with two attached hydrogens (primary N) is 1. The molecule has 0 aromatic heterocycles. The van der Waals surface area contributed by atoms with Crippen molar-refractivity contribution in [3.05, 3.63) is 63.6 Å². The van der Waals surface area contributed by atoms with Crippen molar-refractivity contribution in [2.45, 2.75) is 39.3 Å². The Labute approximate surface area is 135 Å². The highest BCUT2D eigenvalue weighted by Gasteiger charge is 2.20. The monoisotopic (exact) mass is 347 g/mol. The number of hydrogen-bond acceptors (Lipinski definition) is 2. The van der Waals surface area contributed by atoms with Gasteiger partial charge in [0.2, 0.25) is 0 Å². The van der Waals surface area contributed by atoms with Crippen LogP contribution >= 0.6 is 15.9 Å². The van der Waals surface area contributed by atoms with Crippen molar-refractivity contribution >= 4 is 15.9 Å². The molecule has 0 bridgehead atoms. The molecule has 0 aliphatic rings. The molecule has 2 atom stereocenters. The van der Waals surface area contributed by atoms with E-state index in [1.54, 1.807) is 0 Å². The maximum absolute atomic E-state index is 6.27. The smallest absolute Gasteiger partial charge is 0.139 e. The average Bonchev–Trinajstić information content (AvgIpc) is 2.48. The van der Waals surface area contributed by atoms with E-state index in [-0.39, 0.29) is 12.1 Å². The maximum atomic E-state index is 6.27. The summed E-state index contributed by atoms with van der Waals surface area (Å²) in [7, 11) is 0. The molecule has 2 rings (SSSR count). The Hall–Kier alpha value is -1.32. The second kappa shape index (κ2) is 7.10. The summed E-state index contributed by atoms with van der Waals surface area (Å²) in [5, 5.41) is 0. The third-order valence-electron chi connectivity index (χ3n) is 3.80. The summed E-state index contributed by atoms with van der Waals surface area (Å²) in [5.41, 5.74) is 9.86. The zero-order chi connectivity index (χ0) is 15.4. The predicted octanol–water partition coefficient (Wildman–Crippen LogP) is 4.92. The van der Waals surface area contributed by atoms with E-state index in [0.29, 0.717) is 0 Å². The van der Waals surface area contributed by atoms with Crippen molar-refractivity contribution in [3.63, 3.8) is 0 Å². The number of aryl methyl sites for hydroxylation is 2. The van der Waals surface area contributed by atoms with E-state index in [4.69, 9.17) is 10.5 Å². The van der Waals surface area contributed by atoms with Crippen LogP contribution in [0.4, 0.5) is 0 Å². The third kappa shape index (κ3) is 4.08. The highest BCUT2D eigenvalue weighted by atomic mass is 79.9. The van der Waals surface area contributed by atoms with Crippen LogP contribution < -0.4 is 10.5 Å². The molecule has 21 heavy (non-hydrogen) atoms. The molecule has 0 radical (unpaired) electrons. The fraction of sp³-hybridized carbons (Fsp3) is 0.333. The molecule has 0 fully saturated rings. The van der Waals surface area contributed by atoms with E-state index in [1.807, 2.05) is 18.2 Å². The lowest BCUT2D eigenvalue weighted by atomic mass is 10.0. The lowest BCUT2D eigenvalue weighted by Gasteiger charge is -2.25. The van der Waals surface area contributed by atoms with Gasteiger partial charge in [-0.2, -0.15) is 0 Å². The predicted molar refractivity (Wildman–Crippen MR) is 91.7 cm³/mol. The molecule has 0 saturated carbocycles. The molecule has 0 heterocycles. The zero-order valence-electron chi connectivity index (χ0n) is 12.8. The van der Waals surface area contributed by atoms with Crippen molar-refractivity contribution in [3.8, 4) is 5.75 Å². The summed E-state index contributed by atoms with van der Waals surface area (Å²) >= 11 is 3.46. The molecule has 0 saturated heterocycles. The summed E-state index contributed by atoms with van der Waals surface area (Å²) in [5.74, 6) is 0.870. The topological polar surface area (TPSA) is 35.2 Å². The first-order valence-electron chi connectivity index (χ1n) is 7.26. The van der Waals surface area contributed by atoms with E-state index < -0.39 is 0 Å². The van der Waals surface area contributed by atoms with Crippen LogP contribution in [0, 0.1) is 13.8 Å². The number of hydrogen-bond donors (Lipinski definition) is 1. The quantitative estimate of drug-likeness (QED) is 0.832. The van der Waals surface area contributed by atoms with Crippen LogP contribution in [0.1, 0.15) is 36.1 Å². The Balaban J connectivity index is 2.28. The molecule has 2 aromatic carbocycles. The van der Waals surface area contributed by atoms with E-state index in [1.165, 1.54) is 11.1 Å². The number of halogens is 1. The van der Waals surface area contributed by atoms with Crippen LogP contribution in [-0.4, -0.2) is 6.04 Å². The van der Waals surface area contributed by atoms with Crippen molar-refractivity contribution in [2.75, 3.05) is 0 Å². The van der Waals surface area contributed by atoms with Crippen molar-refractivity contribution < 1.29 is 4.74 Å². The van der Waals surface area contributed by atoms with E-state index in [9.17, 15) is 0 Å². The second-order valence-electron chi connectivity index (χ2n) is 5.41. The van der Waals surface area contributed by atoms with E-state index in [2.05, 4.69) is 61.0 Å². The normalized spacial score (nSPS) is 13.8. The number of rotatable bonds is 5. The SMILES string of the molecule is CCC(N)C(Oc1ccc(C)c(C)c1)c1ccc(Br)cc1. The number of benzene rings is 2. The average molecular weight is 348 g/mol. The van der Waals surface area contributed by atoms with Crippen LogP contribution in [0.5, 0.6) is 5.75 Å². The van der Waals surface area contributed by atoms with Gasteiger partial charge in [0, 0.05) is 10.5 Å². The molecule has 3 heteroatoms. The molecule has 2 aromatic rings. The van der Waals surface area contributed by atoms with Crippen LogP contribution in [0.3, 0.4) is 0 Å². The van der Waals surface area contributed by atoms with Crippen LogP contribution in [-0.2, 0) is 0 Å². The van der Waals surface area contributed by atoms with Gasteiger partial charge >= 0.3 is 0 Å². The molecule has 0 amide bonds. The van der Waals surface area contributed by atoms with Gasteiger partial charge in [-0.05, 0) is 61.2 Å². The Kier molecular flexibility index (Phi) is 5.43. The molecule has 0 aliphatic carbocycles. The molecule has 112 valence electrons. The van der Waals surface area contributed by atoms with Crippen LogP contribution in [0.25, 0.3) is 0 Å². The standard InChI is InChI=1S/C18H22BrNO/c1-4-17(20)18(14-6-8-15(19)9-7-14)21-16-10-5-12(2)13(3)11-16/h5-11,17-18H,4,20H2,1-3H3. The molecule has 0 spiro atoms. The Morgan fingerprint density at radius 3 is 2.29 bits per heavy atom. The lowest BCUT2D eigenvalue weighted by Crippen LogP contribution is -2.31. The fourth-order valence-electron chi connectivity index (χ4n) is 2.20. The Morgan fingerprint density at radius 2 is 1.71 bits per heavy atom. The summed E-state index contributed by atoms with van der Waals surface area (Å²) in [4.78, 5) is 0. The summed E-state index contributed by atoms with van der Waals surface area (Å²) < 4.78 is 7.25. The lowest BCUT2D eigenvalue weighted by molar-refractivity contribution is 0.171. The minimum atomic E-state index is -0.134. The highest BCUT2D eigenvalue weighted by molar-refractivity contribution is 9.10. The molecule has 0 aliphatic heterocycles. The number of ether oxygens (including phenoxy) is 1. The summed E-state index contributed by atoms with van der Waals surface area (Å²) in [6.07, 6.45) is 0.733. The third-order valence-corrected chi connectivity index (χ3v) is 4.33. The van der Waals surface area contributed by atoms with Crippen molar-refractivity contribution in [1.82, 2.24) is 0 Å². The van der Waals surface area contributed by atoms with E-state index >= 15 is 0 Å². The van der Waals surface area contributed by atoms with Gasteiger partial charge in [-0.3, -0.25) is 0 Å². The highest BCUT2D eigenvalue weighted by Crippen LogP contribution is 2.27. The van der Waals surface area contributed by atoms with Crippen LogP contribution in [0.15, 0.2) is 46.9 Å². The van der Waals surface area contributed by atoms with Gasteiger partial charge in [-0.15, -0.1) is 0 Å². The van der Waals surface area contributed by atoms with Crippen molar-refractivity contribution in [2.24, 2.45) is 5.73 Å². The van der Waals surface area contributed by atoms with Gasteiger partial charge in [-0.1, -0.05) is 41.1 Å². The Bertz CT molecular complexity index is 595. The second-order valence-corrected chi connectivity index (χ2v) is 6.32. The fourth-order valence-corrected chi connectivity index (χ4v) is 2.47. The maximum Gasteiger partial charge on any atom is 0.139 e. The van der Waals surface area contributed by atoms with Gasteiger partial charge in [0.15, 0.2) is 0 Å². The largest absolute Gasteiger partial charge is 0.484 e. The first-order valence-corrected chi connectivity index (χ1v) is 8.05. The van der Waals surface area contributed by atoms with Crippen molar-refractivity contribution in [1.29, 1.82) is 0 Å². The van der Waals surface area contributed by atoms with E-state index in [0.717, 1.165) is 22.2 Å². The van der Waals surface area contributed by atoms with Gasteiger partial charge in [0.25, 0.3) is 0 Å².